The van der Waals surface area contributed by atoms with E-state index < -0.39 is 0 Å². The van der Waals surface area contributed by atoms with E-state index in [1.54, 1.807) is 12.1 Å². The third-order valence-electron chi connectivity index (χ3n) is 4.14. The predicted molar refractivity (Wildman–Crippen MR) is 96.9 cm³/mol. The summed E-state index contributed by atoms with van der Waals surface area (Å²) in [6.45, 7) is 9.89. The van der Waals surface area contributed by atoms with Crippen LogP contribution >= 0.6 is 0 Å². The van der Waals surface area contributed by atoms with E-state index in [0.29, 0.717) is 24.8 Å². The highest BCUT2D eigenvalue weighted by Gasteiger charge is 2.24. The molecule has 1 aliphatic rings. The number of hydrogen-bond acceptors (Lipinski definition) is 6. The van der Waals surface area contributed by atoms with Crippen LogP contribution in [0.4, 0.5) is 11.6 Å². The Morgan fingerprint density at radius 3 is 2.68 bits per heavy atom. The number of furan rings is 1. The Bertz CT molecular complexity index is 706. The lowest BCUT2D eigenvalue weighted by atomic mass is 10.2. The Labute approximate surface area is 148 Å². The van der Waals surface area contributed by atoms with Crippen molar-refractivity contribution in [3.63, 3.8) is 0 Å². The summed E-state index contributed by atoms with van der Waals surface area (Å²) in [6, 6.07) is 5.42. The SMILES string of the molecule is Cc1nc(NCC(C)C)cc(N2CCN(C(=O)c3ccco3)CC2)n1. The summed E-state index contributed by atoms with van der Waals surface area (Å²) in [4.78, 5) is 25.4. The maximum atomic E-state index is 12.3. The summed E-state index contributed by atoms with van der Waals surface area (Å²) in [6.07, 6.45) is 1.53. The van der Waals surface area contributed by atoms with Gasteiger partial charge in [0.25, 0.3) is 5.91 Å². The summed E-state index contributed by atoms with van der Waals surface area (Å²) in [7, 11) is 0. The van der Waals surface area contributed by atoms with Gasteiger partial charge in [0.15, 0.2) is 5.76 Å². The van der Waals surface area contributed by atoms with Crippen molar-refractivity contribution in [2.24, 2.45) is 5.92 Å². The first kappa shape index (κ1) is 17.3. The number of rotatable bonds is 5. The van der Waals surface area contributed by atoms with E-state index in [-0.39, 0.29) is 5.91 Å². The lowest BCUT2D eigenvalue weighted by Crippen LogP contribution is -2.49. The second-order valence-corrected chi connectivity index (χ2v) is 6.69. The van der Waals surface area contributed by atoms with Crippen molar-refractivity contribution >= 4 is 17.5 Å². The molecule has 0 aliphatic carbocycles. The smallest absolute Gasteiger partial charge is 0.289 e. The van der Waals surface area contributed by atoms with Crippen molar-refractivity contribution in [3.05, 3.63) is 36.0 Å². The van der Waals surface area contributed by atoms with Gasteiger partial charge in [-0.2, -0.15) is 0 Å². The molecule has 134 valence electrons. The average Bonchev–Trinajstić information content (AvgIpc) is 3.13. The standard InChI is InChI=1S/C18H25N5O2/c1-13(2)12-19-16-11-17(21-14(3)20-16)22-6-8-23(9-7-22)18(24)15-5-4-10-25-15/h4-5,10-11,13H,6-9,12H2,1-3H3,(H,19,20,21). The number of carbonyl (C=O) groups is 1. The third-order valence-corrected chi connectivity index (χ3v) is 4.14. The molecule has 7 nitrogen and oxygen atoms in total. The average molecular weight is 343 g/mol. The molecule has 0 bridgehead atoms. The third kappa shape index (κ3) is 4.29. The zero-order valence-corrected chi connectivity index (χ0v) is 15.0. The first-order valence-electron chi connectivity index (χ1n) is 8.70. The minimum atomic E-state index is -0.0530. The van der Waals surface area contributed by atoms with Crippen LogP contribution in [0, 0.1) is 12.8 Å². The molecule has 1 N–H and O–H groups in total. The molecule has 1 fully saturated rings. The monoisotopic (exact) mass is 343 g/mol. The molecule has 0 spiro atoms. The molecule has 0 unspecified atom stereocenters. The van der Waals surface area contributed by atoms with Gasteiger partial charge in [-0.25, -0.2) is 9.97 Å². The topological polar surface area (TPSA) is 74.5 Å². The van der Waals surface area contributed by atoms with Gasteiger partial charge in [-0.15, -0.1) is 0 Å². The van der Waals surface area contributed by atoms with Gasteiger partial charge in [-0.05, 0) is 25.0 Å². The van der Waals surface area contributed by atoms with E-state index in [2.05, 4.69) is 34.0 Å². The minimum Gasteiger partial charge on any atom is -0.459 e. The number of aryl methyl sites for hydroxylation is 1. The normalized spacial score (nSPS) is 14.9. The molecule has 3 rings (SSSR count). The summed E-state index contributed by atoms with van der Waals surface area (Å²) in [5.41, 5.74) is 0. The maximum absolute atomic E-state index is 12.3. The Hall–Kier alpha value is -2.57. The summed E-state index contributed by atoms with van der Waals surface area (Å²) < 4.78 is 5.20. The zero-order valence-electron chi connectivity index (χ0n) is 15.0. The van der Waals surface area contributed by atoms with Crippen molar-refractivity contribution in [2.75, 3.05) is 42.9 Å². The second kappa shape index (κ2) is 7.55. The number of nitrogens with one attached hydrogen (secondary N) is 1. The molecule has 0 atom stereocenters. The van der Waals surface area contributed by atoms with Gasteiger partial charge < -0.3 is 19.5 Å². The molecule has 0 radical (unpaired) electrons. The van der Waals surface area contributed by atoms with Crippen LogP contribution in [0.1, 0.15) is 30.2 Å². The number of aromatic nitrogens is 2. The summed E-state index contributed by atoms with van der Waals surface area (Å²) >= 11 is 0. The Kier molecular flexibility index (Phi) is 5.21. The number of amides is 1. The van der Waals surface area contributed by atoms with Crippen LogP contribution in [-0.4, -0.2) is 53.5 Å². The fourth-order valence-corrected chi connectivity index (χ4v) is 2.81. The quantitative estimate of drug-likeness (QED) is 0.899. The number of piperazine rings is 1. The van der Waals surface area contributed by atoms with Gasteiger partial charge >= 0.3 is 0 Å². The largest absolute Gasteiger partial charge is 0.459 e. The van der Waals surface area contributed by atoms with Gasteiger partial charge in [0, 0.05) is 38.8 Å². The van der Waals surface area contributed by atoms with Crippen LogP contribution in [0.3, 0.4) is 0 Å². The van der Waals surface area contributed by atoms with Gasteiger partial charge in [0.1, 0.15) is 17.5 Å². The van der Waals surface area contributed by atoms with Crippen LogP contribution < -0.4 is 10.2 Å². The van der Waals surface area contributed by atoms with E-state index >= 15 is 0 Å². The highest BCUT2D eigenvalue weighted by atomic mass is 16.3. The zero-order chi connectivity index (χ0) is 17.8. The van der Waals surface area contributed by atoms with E-state index in [0.717, 1.165) is 37.1 Å². The van der Waals surface area contributed by atoms with Gasteiger partial charge in [-0.3, -0.25) is 4.79 Å². The van der Waals surface area contributed by atoms with E-state index in [1.165, 1.54) is 6.26 Å². The van der Waals surface area contributed by atoms with E-state index in [4.69, 9.17) is 4.42 Å². The lowest BCUT2D eigenvalue weighted by Gasteiger charge is -2.35. The van der Waals surface area contributed by atoms with Crippen molar-refractivity contribution in [3.8, 4) is 0 Å². The van der Waals surface area contributed by atoms with Crippen LogP contribution in [-0.2, 0) is 0 Å². The number of carbonyl (C=O) groups excluding carboxylic acids is 1. The number of hydrogen-bond donors (Lipinski definition) is 1. The highest BCUT2D eigenvalue weighted by Crippen LogP contribution is 2.19. The molecule has 2 aromatic heterocycles. The molecule has 1 saturated heterocycles. The van der Waals surface area contributed by atoms with Crippen molar-refractivity contribution < 1.29 is 9.21 Å². The molecule has 2 aromatic rings. The molecule has 3 heterocycles. The Morgan fingerprint density at radius 2 is 2.04 bits per heavy atom. The van der Waals surface area contributed by atoms with Crippen LogP contribution in [0.5, 0.6) is 0 Å². The highest BCUT2D eigenvalue weighted by molar-refractivity contribution is 5.91. The van der Waals surface area contributed by atoms with Crippen molar-refractivity contribution in [1.29, 1.82) is 0 Å². The van der Waals surface area contributed by atoms with Gasteiger partial charge in [-0.1, -0.05) is 13.8 Å². The molecular weight excluding hydrogens is 318 g/mol. The van der Waals surface area contributed by atoms with E-state index in [1.807, 2.05) is 17.9 Å². The van der Waals surface area contributed by atoms with Gasteiger partial charge in [0.2, 0.25) is 0 Å². The fourth-order valence-electron chi connectivity index (χ4n) is 2.81. The van der Waals surface area contributed by atoms with E-state index in [9.17, 15) is 4.79 Å². The first-order valence-corrected chi connectivity index (χ1v) is 8.70. The Balaban J connectivity index is 1.63. The fraction of sp³-hybridized carbons (Fsp3) is 0.500. The molecule has 1 amide bonds. The second-order valence-electron chi connectivity index (χ2n) is 6.69. The maximum Gasteiger partial charge on any atom is 0.289 e. The lowest BCUT2D eigenvalue weighted by molar-refractivity contribution is 0.0714. The summed E-state index contributed by atoms with van der Waals surface area (Å²) in [5, 5.41) is 3.36. The van der Waals surface area contributed by atoms with Crippen LogP contribution in [0.2, 0.25) is 0 Å². The molecular formula is C18H25N5O2. The van der Waals surface area contributed by atoms with Crippen molar-refractivity contribution in [1.82, 2.24) is 14.9 Å². The number of anilines is 2. The van der Waals surface area contributed by atoms with Gasteiger partial charge in [0.05, 0.1) is 6.26 Å². The van der Waals surface area contributed by atoms with Crippen LogP contribution in [0.25, 0.3) is 0 Å². The molecule has 25 heavy (non-hydrogen) atoms. The molecule has 1 aliphatic heterocycles. The Morgan fingerprint density at radius 1 is 1.28 bits per heavy atom. The minimum absolute atomic E-state index is 0.0530. The molecule has 0 saturated carbocycles. The summed E-state index contributed by atoms with van der Waals surface area (Å²) in [5.74, 6) is 3.40. The molecule has 0 aromatic carbocycles. The first-order chi connectivity index (χ1) is 12.0. The number of nitrogens with zero attached hydrogens (tertiary/aromatic N) is 4. The van der Waals surface area contributed by atoms with Crippen LogP contribution in [0.15, 0.2) is 28.9 Å². The molecule has 7 heteroatoms. The van der Waals surface area contributed by atoms with Crippen molar-refractivity contribution in [2.45, 2.75) is 20.8 Å². The predicted octanol–water partition coefficient (Wildman–Crippen LogP) is 2.41.